The number of piperidine rings is 1. The van der Waals surface area contributed by atoms with Crippen molar-refractivity contribution in [2.45, 2.75) is 45.3 Å². The SMILES string of the molecule is Cn1c(=O)n(C2CCC(=O)NC2=O)c2ccc(C#CCOCCOCCOCCOCC(=O)OC(C)(C)C)cc21. The average molecular weight is 560 g/mol. The summed E-state index contributed by atoms with van der Waals surface area (Å²) in [7, 11) is 1.64. The highest BCUT2D eigenvalue weighted by atomic mass is 16.6. The number of carbonyl (C=O) groups excluding carboxylic acids is 3. The Morgan fingerprint density at radius 1 is 0.975 bits per heavy atom. The molecule has 2 amide bonds. The van der Waals surface area contributed by atoms with Crippen LogP contribution in [0.25, 0.3) is 11.0 Å². The van der Waals surface area contributed by atoms with Gasteiger partial charge in [0, 0.05) is 19.0 Å². The highest BCUT2D eigenvalue weighted by molar-refractivity contribution is 6.00. The second-order valence-electron chi connectivity index (χ2n) is 10.1. The average Bonchev–Trinajstić information content (AvgIpc) is 3.12. The van der Waals surface area contributed by atoms with Crippen LogP contribution in [-0.4, -0.2) is 85.4 Å². The molecule has 1 fully saturated rings. The molecule has 40 heavy (non-hydrogen) atoms. The fourth-order valence-electron chi connectivity index (χ4n) is 4.02. The minimum absolute atomic E-state index is 0.107. The summed E-state index contributed by atoms with van der Waals surface area (Å²) in [6.45, 7) is 7.69. The number of imidazole rings is 1. The van der Waals surface area contributed by atoms with Crippen molar-refractivity contribution in [3.05, 3.63) is 34.2 Å². The molecule has 0 saturated carbocycles. The van der Waals surface area contributed by atoms with E-state index in [0.29, 0.717) is 49.6 Å². The van der Waals surface area contributed by atoms with E-state index in [1.807, 2.05) is 0 Å². The lowest BCUT2D eigenvalue weighted by Gasteiger charge is -2.21. The molecule has 1 atom stereocenters. The van der Waals surface area contributed by atoms with E-state index in [9.17, 15) is 19.2 Å². The fourth-order valence-corrected chi connectivity index (χ4v) is 4.02. The Labute approximate surface area is 232 Å². The zero-order valence-corrected chi connectivity index (χ0v) is 23.4. The van der Waals surface area contributed by atoms with Crippen molar-refractivity contribution < 1.29 is 38.1 Å². The molecule has 1 N–H and O–H groups in total. The van der Waals surface area contributed by atoms with E-state index >= 15 is 0 Å². The van der Waals surface area contributed by atoms with Gasteiger partial charge >= 0.3 is 11.7 Å². The number of amides is 2. The highest BCUT2D eigenvalue weighted by Gasteiger charge is 2.31. The minimum atomic E-state index is -0.724. The molecule has 1 aromatic heterocycles. The summed E-state index contributed by atoms with van der Waals surface area (Å²) in [5, 5.41) is 2.30. The number of nitrogens with zero attached hydrogens (tertiary/aromatic N) is 2. The van der Waals surface area contributed by atoms with Crippen molar-refractivity contribution in [2.24, 2.45) is 7.05 Å². The van der Waals surface area contributed by atoms with Crippen molar-refractivity contribution in [3.8, 4) is 11.8 Å². The number of esters is 1. The first-order valence-electron chi connectivity index (χ1n) is 13.1. The third-order valence-corrected chi connectivity index (χ3v) is 5.77. The Morgan fingerprint density at radius 3 is 2.27 bits per heavy atom. The molecular weight excluding hydrogens is 522 g/mol. The molecule has 0 aliphatic carbocycles. The first-order valence-corrected chi connectivity index (χ1v) is 13.1. The number of rotatable bonds is 13. The van der Waals surface area contributed by atoms with E-state index in [2.05, 4.69) is 17.2 Å². The van der Waals surface area contributed by atoms with Crippen LogP contribution < -0.4 is 11.0 Å². The molecule has 1 aliphatic rings. The third kappa shape index (κ3) is 9.31. The van der Waals surface area contributed by atoms with Crippen LogP contribution in [-0.2, 0) is 45.1 Å². The van der Waals surface area contributed by atoms with Gasteiger partial charge < -0.3 is 23.7 Å². The van der Waals surface area contributed by atoms with Gasteiger partial charge in [-0.3, -0.25) is 24.0 Å². The zero-order chi connectivity index (χ0) is 29.1. The molecule has 2 aromatic rings. The van der Waals surface area contributed by atoms with Crippen LogP contribution in [0.1, 0.15) is 45.2 Å². The van der Waals surface area contributed by atoms with Crippen LogP contribution in [0, 0.1) is 11.8 Å². The van der Waals surface area contributed by atoms with Crippen LogP contribution in [0.3, 0.4) is 0 Å². The minimum Gasteiger partial charge on any atom is -0.458 e. The molecular formula is C28H37N3O9. The van der Waals surface area contributed by atoms with Gasteiger partial charge in [0.05, 0.1) is 50.7 Å². The maximum Gasteiger partial charge on any atom is 0.332 e. The predicted octanol–water partition coefficient (Wildman–Crippen LogP) is 1.08. The summed E-state index contributed by atoms with van der Waals surface area (Å²) in [5.41, 5.74) is 1.11. The summed E-state index contributed by atoms with van der Waals surface area (Å²) in [6, 6.07) is 4.60. The molecule has 2 heterocycles. The van der Waals surface area contributed by atoms with Gasteiger partial charge in [-0.25, -0.2) is 9.59 Å². The first kappa shape index (κ1) is 31.0. The smallest absolute Gasteiger partial charge is 0.332 e. The van der Waals surface area contributed by atoms with Gasteiger partial charge in [-0.1, -0.05) is 11.8 Å². The van der Waals surface area contributed by atoms with Crippen molar-refractivity contribution in [2.75, 3.05) is 52.9 Å². The Kier molecular flexibility index (Phi) is 11.5. The van der Waals surface area contributed by atoms with Crippen LogP contribution in [0.2, 0.25) is 0 Å². The lowest BCUT2D eigenvalue weighted by Crippen LogP contribution is -2.44. The number of fused-ring (bicyclic) bond motifs is 1. The predicted molar refractivity (Wildman–Crippen MR) is 145 cm³/mol. The van der Waals surface area contributed by atoms with E-state index < -0.39 is 23.5 Å². The zero-order valence-electron chi connectivity index (χ0n) is 23.4. The third-order valence-electron chi connectivity index (χ3n) is 5.77. The van der Waals surface area contributed by atoms with Crippen LogP contribution in [0.5, 0.6) is 0 Å². The van der Waals surface area contributed by atoms with Gasteiger partial charge in [0.1, 0.15) is 24.9 Å². The lowest BCUT2D eigenvalue weighted by molar-refractivity contribution is -0.160. The Hall–Kier alpha value is -3.50. The van der Waals surface area contributed by atoms with E-state index in [-0.39, 0.29) is 44.3 Å². The van der Waals surface area contributed by atoms with Crippen LogP contribution in [0.4, 0.5) is 0 Å². The van der Waals surface area contributed by atoms with E-state index in [1.54, 1.807) is 46.0 Å². The summed E-state index contributed by atoms with van der Waals surface area (Å²) >= 11 is 0. The molecule has 3 rings (SSSR count). The molecule has 1 aromatic carbocycles. The highest BCUT2D eigenvalue weighted by Crippen LogP contribution is 2.23. The molecule has 0 spiro atoms. The van der Waals surface area contributed by atoms with Gasteiger partial charge in [-0.05, 0) is 45.4 Å². The second kappa shape index (κ2) is 14.8. The number of aryl methyl sites for hydroxylation is 1. The van der Waals surface area contributed by atoms with E-state index in [1.165, 1.54) is 9.13 Å². The lowest BCUT2D eigenvalue weighted by atomic mass is 10.1. The largest absolute Gasteiger partial charge is 0.458 e. The van der Waals surface area contributed by atoms with Gasteiger partial charge in [0.2, 0.25) is 11.8 Å². The molecule has 1 unspecified atom stereocenters. The first-order chi connectivity index (χ1) is 19.1. The number of hydrogen-bond donors (Lipinski definition) is 1. The maximum atomic E-state index is 12.8. The van der Waals surface area contributed by atoms with Crippen LogP contribution in [0.15, 0.2) is 23.0 Å². The fraction of sp³-hybridized carbons (Fsp3) is 0.571. The topological polar surface area (TPSA) is 136 Å². The monoisotopic (exact) mass is 559 g/mol. The number of aromatic nitrogens is 2. The van der Waals surface area contributed by atoms with E-state index in [4.69, 9.17) is 23.7 Å². The number of benzene rings is 1. The normalized spacial score (nSPS) is 15.6. The quantitative estimate of drug-likeness (QED) is 0.165. The van der Waals surface area contributed by atoms with Gasteiger partial charge in [0.25, 0.3) is 0 Å². The maximum absolute atomic E-state index is 12.8. The molecule has 0 bridgehead atoms. The van der Waals surface area contributed by atoms with Crippen molar-refractivity contribution in [1.29, 1.82) is 0 Å². The molecule has 12 nitrogen and oxygen atoms in total. The van der Waals surface area contributed by atoms with Crippen LogP contribution >= 0.6 is 0 Å². The number of ether oxygens (including phenoxy) is 5. The second-order valence-corrected chi connectivity index (χ2v) is 10.1. The van der Waals surface area contributed by atoms with E-state index in [0.717, 1.165) is 0 Å². The number of hydrogen-bond acceptors (Lipinski definition) is 9. The number of carbonyl (C=O) groups is 3. The number of imide groups is 1. The summed E-state index contributed by atoms with van der Waals surface area (Å²) in [5.74, 6) is 4.75. The summed E-state index contributed by atoms with van der Waals surface area (Å²) in [4.78, 5) is 48.1. The van der Waals surface area contributed by atoms with Crippen molar-refractivity contribution in [3.63, 3.8) is 0 Å². The Balaban J connectivity index is 1.31. The molecule has 12 heteroatoms. The number of nitrogens with one attached hydrogen (secondary N) is 1. The molecule has 1 saturated heterocycles. The summed E-state index contributed by atoms with van der Waals surface area (Å²) in [6.07, 6.45) is 0.474. The van der Waals surface area contributed by atoms with Gasteiger partial charge in [-0.2, -0.15) is 0 Å². The Morgan fingerprint density at radius 2 is 1.62 bits per heavy atom. The van der Waals surface area contributed by atoms with Crippen molar-refractivity contribution >= 4 is 28.8 Å². The van der Waals surface area contributed by atoms with Gasteiger partial charge in [0.15, 0.2) is 0 Å². The summed E-state index contributed by atoms with van der Waals surface area (Å²) < 4.78 is 29.5. The van der Waals surface area contributed by atoms with Gasteiger partial charge in [-0.15, -0.1) is 0 Å². The Bertz CT molecular complexity index is 1310. The van der Waals surface area contributed by atoms with Crippen molar-refractivity contribution in [1.82, 2.24) is 14.5 Å². The molecule has 0 radical (unpaired) electrons. The molecule has 218 valence electrons. The molecule has 1 aliphatic heterocycles. The standard InChI is InChI=1S/C28H37N3O9/c1-28(2,3)40-25(33)19-39-17-16-38-15-14-37-13-12-36-11-5-6-20-7-8-21-23(18-20)30(4)27(35)31(21)22-9-10-24(32)29-26(22)34/h7-8,18,22H,9-17,19H2,1-4H3,(H,29,32,34).